The van der Waals surface area contributed by atoms with Crippen LogP contribution in [0.4, 0.5) is 0 Å². The van der Waals surface area contributed by atoms with Gasteiger partial charge in [0.2, 0.25) is 10.0 Å². The summed E-state index contributed by atoms with van der Waals surface area (Å²) < 4.78 is 27.3. The Morgan fingerprint density at radius 2 is 2.21 bits per heavy atom. The van der Waals surface area contributed by atoms with E-state index < -0.39 is 16.1 Å². The molecule has 2 aromatic rings. The summed E-state index contributed by atoms with van der Waals surface area (Å²) in [5.74, 6) is 0.405. The number of sulfonamides is 1. The van der Waals surface area contributed by atoms with Gasteiger partial charge in [0.1, 0.15) is 22.2 Å². The van der Waals surface area contributed by atoms with Crippen LogP contribution in [0.25, 0.3) is 0 Å². The van der Waals surface area contributed by atoms with Crippen molar-refractivity contribution in [2.24, 2.45) is 0 Å². The summed E-state index contributed by atoms with van der Waals surface area (Å²) in [7, 11) is -3.80. The number of pyridine rings is 1. The molecule has 1 atom stereocenters. The van der Waals surface area contributed by atoms with Crippen molar-refractivity contribution < 1.29 is 8.42 Å². The molecule has 2 heterocycles. The van der Waals surface area contributed by atoms with Gasteiger partial charge in [-0.3, -0.25) is 5.10 Å². The zero-order valence-electron chi connectivity index (χ0n) is 9.63. The van der Waals surface area contributed by atoms with E-state index in [0.29, 0.717) is 10.3 Å². The van der Waals surface area contributed by atoms with Gasteiger partial charge in [0, 0.05) is 10.7 Å². The van der Waals surface area contributed by atoms with Crippen LogP contribution in [0.1, 0.15) is 18.8 Å². The average molecular weight is 367 g/mol. The lowest BCUT2D eigenvalue weighted by Crippen LogP contribution is -2.28. The Morgan fingerprint density at radius 1 is 1.47 bits per heavy atom. The van der Waals surface area contributed by atoms with Crippen LogP contribution in [0.15, 0.2) is 28.0 Å². The van der Waals surface area contributed by atoms with Crippen LogP contribution in [0, 0.1) is 0 Å². The molecule has 0 spiro atoms. The fourth-order valence-electron chi connectivity index (χ4n) is 1.37. The molecule has 2 aromatic heterocycles. The van der Waals surface area contributed by atoms with E-state index >= 15 is 0 Å². The zero-order valence-corrected chi connectivity index (χ0v) is 12.8. The Labute approximate surface area is 123 Å². The highest BCUT2D eigenvalue weighted by molar-refractivity contribution is 9.10. The molecule has 0 fully saturated rings. The van der Waals surface area contributed by atoms with E-state index in [1.807, 2.05) is 0 Å². The zero-order chi connectivity index (χ0) is 14.0. The molecule has 0 bridgehead atoms. The van der Waals surface area contributed by atoms with Gasteiger partial charge in [-0.1, -0.05) is 11.6 Å². The molecular weight excluding hydrogens is 358 g/mol. The number of nitrogens with zero attached hydrogens (tertiary/aromatic N) is 3. The minimum absolute atomic E-state index is 0.0968. The number of aromatic amines is 1. The molecule has 10 heteroatoms. The lowest BCUT2D eigenvalue weighted by Gasteiger charge is -2.12. The van der Waals surface area contributed by atoms with Crippen molar-refractivity contribution in [3.63, 3.8) is 0 Å². The summed E-state index contributed by atoms with van der Waals surface area (Å²) in [5, 5.41) is 6.16. The summed E-state index contributed by atoms with van der Waals surface area (Å²) in [6, 6.07) is 0.813. The van der Waals surface area contributed by atoms with E-state index in [2.05, 4.69) is 40.8 Å². The molecule has 102 valence electrons. The lowest BCUT2D eigenvalue weighted by molar-refractivity contribution is 0.560. The van der Waals surface area contributed by atoms with Crippen LogP contribution in [0.2, 0.25) is 5.15 Å². The van der Waals surface area contributed by atoms with Crippen LogP contribution in [0.5, 0.6) is 0 Å². The fraction of sp³-hybridized carbons (Fsp3) is 0.222. The summed E-state index contributed by atoms with van der Waals surface area (Å²) in [5.41, 5.74) is 0. The highest BCUT2D eigenvalue weighted by Crippen LogP contribution is 2.23. The van der Waals surface area contributed by atoms with Crippen molar-refractivity contribution >= 4 is 37.6 Å². The lowest BCUT2D eigenvalue weighted by atomic mass is 10.3. The maximum absolute atomic E-state index is 12.2. The Hall–Kier alpha value is -1.03. The van der Waals surface area contributed by atoms with Crippen molar-refractivity contribution in [2.75, 3.05) is 0 Å². The number of hydrogen-bond donors (Lipinski definition) is 2. The molecule has 1 unspecified atom stereocenters. The van der Waals surface area contributed by atoms with Gasteiger partial charge in [0.25, 0.3) is 0 Å². The number of halogens is 2. The second-order valence-corrected chi connectivity index (χ2v) is 6.61. The van der Waals surface area contributed by atoms with Crippen molar-refractivity contribution in [1.82, 2.24) is 24.9 Å². The number of rotatable bonds is 4. The largest absolute Gasteiger partial charge is 0.262 e. The molecule has 0 saturated heterocycles. The highest BCUT2D eigenvalue weighted by atomic mass is 79.9. The Balaban J connectivity index is 2.30. The third-order valence-corrected chi connectivity index (χ3v) is 4.64. The van der Waals surface area contributed by atoms with Gasteiger partial charge in [-0.15, -0.1) is 0 Å². The topological polar surface area (TPSA) is 101 Å². The highest BCUT2D eigenvalue weighted by Gasteiger charge is 2.23. The van der Waals surface area contributed by atoms with Crippen LogP contribution in [-0.2, 0) is 10.0 Å². The monoisotopic (exact) mass is 365 g/mol. The van der Waals surface area contributed by atoms with Crippen LogP contribution in [-0.4, -0.2) is 28.6 Å². The van der Waals surface area contributed by atoms with E-state index in [9.17, 15) is 8.42 Å². The average Bonchev–Trinajstić information content (AvgIpc) is 2.85. The van der Waals surface area contributed by atoms with Crippen LogP contribution >= 0.6 is 27.5 Å². The quantitative estimate of drug-likeness (QED) is 0.801. The van der Waals surface area contributed by atoms with Crippen LogP contribution in [0.3, 0.4) is 0 Å². The van der Waals surface area contributed by atoms with E-state index in [1.165, 1.54) is 18.6 Å². The summed E-state index contributed by atoms with van der Waals surface area (Å²) >= 11 is 8.95. The number of nitrogens with one attached hydrogen (secondary N) is 2. The Bertz CT molecular complexity index is 676. The normalized spacial score (nSPS) is 13.4. The molecule has 0 aliphatic rings. The van der Waals surface area contributed by atoms with Crippen molar-refractivity contribution in [1.29, 1.82) is 0 Å². The second-order valence-electron chi connectivity index (χ2n) is 3.66. The first-order valence-corrected chi connectivity index (χ1v) is 7.74. The number of hydrogen-bond acceptors (Lipinski definition) is 5. The standard InChI is InChI=1S/C9H9BrClN5O2S/c1-5(9-13-4-14-15-9)16-19(17,18)7-2-6(10)3-12-8(7)11/h2-5,16H,1H3,(H,13,14,15). The second kappa shape index (κ2) is 5.53. The predicted octanol–water partition coefficient (Wildman–Crippen LogP) is 1.66. The van der Waals surface area contributed by atoms with Gasteiger partial charge in [0.15, 0.2) is 0 Å². The fourth-order valence-corrected chi connectivity index (χ4v) is 3.52. The van der Waals surface area contributed by atoms with Gasteiger partial charge in [-0.2, -0.15) is 5.10 Å². The Kier molecular flexibility index (Phi) is 4.19. The molecule has 0 amide bonds. The first-order valence-electron chi connectivity index (χ1n) is 5.09. The molecular formula is C9H9BrClN5O2S. The third-order valence-electron chi connectivity index (χ3n) is 2.24. The van der Waals surface area contributed by atoms with E-state index in [-0.39, 0.29) is 10.0 Å². The Morgan fingerprint density at radius 3 is 2.84 bits per heavy atom. The summed E-state index contributed by atoms with van der Waals surface area (Å²) in [6.07, 6.45) is 2.72. The SMILES string of the molecule is CC(NS(=O)(=O)c1cc(Br)cnc1Cl)c1ncn[nH]1. The van der Waals surface area contributed by atoms with E-state index in [1.54, 1.807) is 6.92 Å². The molecule has 0 aromatic carbocycles. The van der Waals surface area contributed by atoms with Gasteiger partial charge in [0.05, 0.1) is 6.04 Å². The van der Waals surface area contributed by atoms with E-state index in [4.69, 9.17) is 11.6 Å². The van der Waals surface area contributed by atoms with Gasteiger partial charge >= 0.3 is 0 Å². The first-order chi connectivity index (χ1) is 8.90. The molecule has 2 rings (SSSR count). The third kappa shape index (κ3) is 3.30. The van der Waals surface area contributed by atoms with Crippen molar-refractivity contribution in [2.45, 2.75) is 17.9 Å². The molecule has 2 N–H and O–H groups in total. The molecule has 0 radical (unpaired) electrons. The van der Waals surface area contributed by atoms with Gasteiger partial charge < -0.3 is 0 Å². The van der Waals surface area contributed by atoms with Crippen molar-refractivity contribution in [3.8, 4) is 0 Å². The smallest absolute Gasteiger partial charge is 0.244 e. The maximum atomic E-state index is 12.2. The minimum Gasteiger partial charge on any atom is -0.262 e. The van der Waals surface area contributed by atoms with Gasteiger partial charge in [-0.25, -0.2) is 23.1 Å². The van der Waals surface area contributed by atoms with E-state index in [0.717, 1.165) is 0 Å². The molecule has 7 nitrogen and oxygen atoms in total. The molecule has 0 aliphatic heterocycles. The maximum Gasteiger partial charge on any atom is 0.244 e. The van der Waals surface area contributed by atoms with Gasteiger partial charge in [-0.05, 0) is 28.9 Å². The number of aromatic nitrogens is 4. The summed E-state index contributed by atoms with van der Waals surface area (Å²) in [6.45, 7) is 1.64. The van der Waals surface area contributed by atoms with Crippen molar-refractivity contribution in [3.05, 3.63) is 34.0 Å². The predicted molar refractivity (Wildman–Crippen MR) is 72.1 cm³/mol. The minimum atomic E-state index is -3.80. The first kappa shape index (κ1) is 14.4. The molecule has 0 aliphatic carbocycles. The number of H-pyrrole nitrogens is 1. The molecule has 0 saturated carbocycles. The van der Waals surface area contributed by atoms with Crippen LogP contribution < -0.4 is 4.72 Å². The molecule has 19 heavy (non-hydrogen) atoms. The summed E-state index contributed by atoms with van der Waals surface area (Å²) in [4.78, 5) is 7.56.